The molecule has 234 valence electrons. The van der Waals surface area contributed by atoms with Crippen molar-refractivity contribution < 1.29 is 26.3 Å². The molecule has 0 amide bonds. The van der Waals surface area contributed by atoms with Gasteiger partial charge in [0.25, 0.3) is 0 Å². The van der Waals surface area contributed by atoms with Gasteiger partial charge >= 0.3 is 12.4 Å². The van der Waals surface area contributed by atoms with Gasteiger partial charge in [-0.2, -0.15) is 26.3 Å². The second kappa shape index (κ2) is 8.48. The van der Waals surface area contributed by atoms with E-state index in [-0.39, 0.29) is 32.3 Å². The van der Waals surface area contributed by atoms with Crippen molar-refractivity contribution in [3.05, 3.63) is 106 Å². The number of hydrogen-bond donors (Lipinski definition) is 0. The molecule has 0 spiro atoms. The molecular weight excluding hydrogens is 618 g/mol. The van der Waals surface area contributed by atoms with Gasteiger partial charge in [0.1, 0.15) is 0 Å². The molecular formula is C42H24F6. The smallest absolute Gasteiger partial charge is 0.166 e. The van der Waals surface area contributed by atoms with Gasteiger partial charge in [-0.25, -0.2) is 0 Å². The quantitative estimate of drug-likeness (QED) is 0.114. The van der Waals surface area contributed by atoms with Gasteiger partial charge < -0.3 is 0 Å². The Balaban J connectivity index is 1.50. The minimum Gasteiger partial charge on any atom is -0.166 e. The zero-order valence-electron chi connectivity index (χ0n) is 26.2. The number of fused-ring (bicyclic) bond motifs is 8. The molecule has 8 aromatic carbocycles. The number of hydrogen-bond acceptors (Lipinski definition) is 0. The van der Waals surface area contributed by atoms with E-state index in [1.54, 1.807) is 12.1 Å². The molecule has 2 aliphatic carbocycles. The number of benzene rings is 8. The Bertz CT molecular complexity index is 2620. The number of alkyl halides is 6. The third kappa shape index (κ3) is 3.37. The van der Waals surface area contributed by atoms with E-state index < -0.39 is 23.5 Å². The van der Waals surface area contributed by atoms with E-state index in [0.717, 1.165) is 78.2 Å². The van der Waals surface area contributed by atoms with E-state index in [2.05, 4.69) is 0 Å². The highest BCUT2D eigenvalue weighted by atomic mass is 19.4. The van der Waals surface area contributed by atoms with Crippen LogP contribution in [0.2, 0.25) is 0 Å². The molecule has 0 radical (unpaired) electrons. The first kappa shape index (κ1) is 28.0. The van der Waals surface area contributed by atoms with E-state index in [4.69, 9.17) is 0 Å². The van der Waals surface area contributed by atoms with Gasteiger partial charge in [-0.3, -0.25) is 0 Å². The van der Waals surface area contributed by atoms with Crippen molar-refractivity contribution in [2.24, 2.45) is 0 Å². The minimum absolute atomic E-state index is 0.0812. The minimum atomic E-state index is -4.76. The van der Waals surface area contributed by atoms with E-state index in [1.807, 2.05) is 76.2 Å². The number of rotatable bonds is 0. The van der Waals surface area contributed by atoms with Crippen molar-refractivity contribution in [3.8, 4) is 44.5 Å². The monoisotopic (exact) mass is 642 g/mol. The molecule has 0 aliphatic heterocycles. The Labute approximate surface area is 270 Å². The molecule has 0 atom stereocenters. The summed E-state index contributed by atoms with van der Waals surface area (Å²) in [6, 6.07) is 21.2. The SMILES string of the molecule is Cc1cc2c3c(cc(C)cc3c1)-c1c-2cc2c(C(F)(F)F)cc3c4c(cc5c(C(F)(F)F)cc1c2c53)-c1cc(C)cc2cc(C)cc-4c12. The number of halogens is 6. The third-order valence-electron chi connectivity index (χ3n) is 10.5. The molecule has 6 heteroatoms. The van der Waals surface area contributed by atoms with Gasteiger partial charge in [0, 0.05) is 0 Å². The molecule has 8 aromatic rings. The Morgan fingerprint density at radius 1 is 0.333 bits per heavy atom. The van der Waals surface area contributed by atoms with Crippen LogP contribution in [0.3, 0.4) is 0 Å². The molecule has 0 fully saturated rings. The summed E-state index contributed by atoms with van der Waals surface area (Å²) in [4.78, 5) is 0. The van der Waals surface area contributed by atoms with E-state index in [0.29, 0.717) is 22.3 Å². The standard InChI is InChI=1S/C42H24F6/c1-17-5-21-7-19(3)11-29-35(21)23(9-17)25-13-27-33(41(43,44)45)16-32-38-26(24-10-18(2)6-22-8-20(4)12-30(38)36(22)24)14-28-34(42(46,47)48)15-31(37(25)29)39(27)40(28)32/h5-16H,1-4H3. The highest BCUT2D eigenvalue weighted by Crippen LogP contribution is 2.59. The second-order valence-electron chi connectivity index (χ2n) is 13.8. The Kier molecular flexibility index (Phi) is 4.94. The average Bonchev–Trinajstić information content (AvgIpc) is 3.46. The zero-order chi connectivity index (χ0) is 33.3. The van der Waals surface area contributed by atoms with Crippen LogP contribution in [0, 0.1) is 27.7 Å². The van der Waals surface area contributed by atoms with Gasteiger partial charge in [0.05, 0.1) is 11.1 Å². The lowest BCUT2D eigenvalue weighted by atomic mass is 9.81. The van der Waals surface area contributed by atoms with Crippen molar-refractivity contribution in [2.45, 2.75) is 40.0 Å². The summed E-state index contributed by atoms with van der Waals surface area (Å²) < 4.78 is 91.7. The first-order chi connectivity index (χ1) is 22.7. The molecule has 0 saturated carbocycles. The van der Waals surface area contributed by atoms with E-state index >= 15 is 26.3 Å². The highest BCUT2D eigenvalue weighted by Gasteiger charge is 2.40. The van der Waals surface area contributed by atoms with Crippen LogP contribution in [0.15, 0.2) is 72.8 Å². The molecule has 48 heavy (non-hydrogen) atoms. The second-order valence-corrected chi connectivity index (χ2v) is 13.8. The fourth-order valence-electron chi connectivity index (χ4n) is 9.03. The van der Waals surface area contributed by atoms with Gasteiger partial charge in [-0.1, -0.05) is 48.5 Å². The summed E-state index contributed by atoms with van der Waals surface area (Å²) in [5, 5.41) is 4.21. The van der Waals surface area contributed by atoms with Gasteiger partial charge in [0.15, 0.2) is 0 Å². The molecule has 0 heterocycles. The average molecular weight is 643 g/mol. The van der Waals surface area contributed by atoms with Crippen LogP contribution in [0.1, 0.15) is 33.4 Å². The van der Waals surface area contributed by atoms with Gasteiger partial charge in [-0.05, 0) is 173 Å². The molecule has 2 aliphatic rings. The highest BCUT2D eigenvalue weighted by molar-refractivity contribution is 6.36. The third-order valence-corrected chi connectivity index (χ3v) is 10.5. The lowest BCUT2D eigenvalue weighted by Crippen LogP contribution is -2.10. The fourth-order valence-corrected chi connectivity index (χ4v) is 9.03. The maximum absolute atomic E-state index is 15.3. The largest absolute Gasteiger partial charge is 0.417 e. The van der Waals surface area contributed by atoms with Crippen molar-refractivity contribution in [3.63, 3.8) is 0 Å². The summed E-state index contributed by atoms with van der Waals surface area (Å²) in [5.41, 5.74) is 7.19. The molecule has 0 aromatic heterocycles. The summed E-state index contributed by atoms with van der Waals surface area (Å²) in [5.74, 6) is 0. The molecule has 0 N–H and O–H groups in total. The van der Waals surface area contributed by atoms with Crippen LogP contribution in [-0.2, 0) is 12.4 Å². The predicted molar refractivity (Wildman–Crippen MR) is 183 cm³/mol. The molecule has 0 unspecified atom stereocenters. The van der Waals surface area contributed by atoms with Gasteiger partial charge in [-0.15, -0.1) is 0 Å². The summed E-state index contributed by atoms with van der Waals surface area (Å²) >= 11 is 0. The number of aryl methyl sites for hydroxylation is 4. The fraction of sp³-hybridized carbons (Fsp3) is 0.143. The first-order valence-corrected chi connectivity index (χ1v) is 15.8. The molecule has 0 saturated heterocycles. The van der Waals surface area contributed by atoms with Crippen molar-refractivity contribution in [2.75, 3.05) is 0 Å². The maximum atomic E-state index is 15.3. The van der Waals surface area contributed by atoms with Crippen LogP contribution < -0.4 is 0 Å². The van der Waals surface area contributed by atoms with Crippen LogP contribution in [0.4, 0.5) is 26.3 Å². The summed E-state index contributed by atoms with van der Waals surface area (Å²) in [7, 11) is 0. The summed E-state index contributed by atoms with van der Waals surface area (Å²) in [6.07, 6.45) is -9.52. The maximum Gasteiger partial charge on any atom is 0.417 e. The first-order valence-electron chi connectivity index (χ1n) is 15.8. The lowest BCUT2D eigenvalue weighted by molar-refractivity contribution is -0.137. The zero-order valence-corrected chi connectivity index (χ0v) is 26.2. The Hall–Kier alpha value is -5.10. The van der Waals surface area contributed by atoms with E-state index in [9.17, 15) is 0 Å². The van der Waals surface area contributed by atoms with Crippen LogP contribution >= 0.6 is 0 Å². The summed E-state index contributed by atoms with van der Waals surface area (Å²) in [6.45, 7) is 7.71. The van der Waals surface area contributed by atoms with Crippen molar-refractivity contribution in [1.82, 2.24) is 0 Å². The van der Waals surface area contributed by atoms with Crippen molar-refractivity contribution >= 4 is 53.9 Å². The normalized spacial score (nSPS) is 13.6. The van der Waals surface area contributed by atoms with Crippen molar-refractivity contribution in [1.29, 1.82) is 0 Å². The lowest BCUT2D eigenvalue weighted by Gasteiger charge is -2.23. The van der Waals surface area contributed by atoms with E-state index in [1.165, 1.54) is 0 Å². The van der Waals surface area contributed by atoms with Crippen LogP contribution in [0.5, 0.6) is 0 Å². The molecule has 0 nitrogen and oxygen atoms in total. The molecule has 10 rings (SSSR count). The van der Waals surface area contributed by atoms with Crippen LogP contribution in [0.25, 0.3) is 98.4 Å². The van der Waals surface area contributed by atoms with Crippen LogP contribution in [-0.4, -0.2) is 0 Å². The molecule has 0 bridgehead atoms. The van der Waals surface area contributed by atoms with Gasteiger partial charge in [0.2, 0.25) is 0 Å². The predicted octanol–water partition coefficient (Wildman–Crippen LogP) is 13.5. The Morgan fingerprint density at radius 3 is 1.00 bits per heavy atom. The Morgan fingerprint density at radius 2 is 0.667 bits per heavy atom. The topological polar surface area (TPSA) is 0 Å².